The number of likely N-dealkylation sites (tertiary alicyclic amines) is 1. The number of thioether (sulfide) groups is 1. The Balaban J connectivity index is 1.42. The number of carbonyl (C=O) groups excluding carboxylic acids is 2. The maximum Gasteiger partial charge on any atom is 0.321 e. The standard InChI is InChI=1S/C23H26ClN3O4S/c1-30-19-13-18(14-20(15-19)31-2)25-22(29)26-8-6-23(7-9-26)27(10-11-32-23)21(28)16-4-3-5-17(24)12-16/h3-5,12-15H,6-11H2,1-2H3,(H,25,29). The molecule has 2 aromatic carbocycles. The Labute approximate surface area is 197 Å². The summed E-state index contributed by atoms with van der Waals surface area (Å²) in [6.07, 6.45) is 1.44. The second-order valence-corrected chi connectivity index (χ2v) is 9.67. The van der Waals surface area contributed by atoms with Crippen LogP contribution in [-0.2, 0) is 0 Å². The molecule has 170 valence electrons. The third kappa shape index (κ3) is 4.61. The van der Waals surface area contributed by atoms with Crippen molar-refractivity contribution in [3.8, 4) is 11.5 Å². The van der Waals surface area contributed by atoms with Gasteiger partial charge >= 0.3 is 6.03 Å². The third-order valence-electron chi connectivity index (χ3n) is 5.93. The number of benzene rings is 2. The summed E-state index contributed by atoms with van der Waals surface area (Å²) < 4.78 is 10.5. The first-order chi connectivity index (χ1) is 15.4. The zero-order valence-corrected chi connectivity index (χ0v) is 19.7. The highest BCUT2D eigenvalue weighted by Gasteiger charge is 2.47. The van der Waals surface area contributed by atoms with Crippen LogP contribution in [0.25, 0.3) is 0 Å². The molecular formula is C23H26ClN3O4S. The number of methoxy groups -OCH3 is 2. The summed E-state index contributed by atoms with van der Waals surface area (Å²) in [5.74, 6) is 2.10. The zero-order chi connectivity index (χ0) is 22.7. The molecule has 1 N–H and O–H groups in total. The van der Waals surface area contributed by atoms with Crippen molar-refractivity contribution in [1.82, 2.24) is 9.80 Å². The van der Waals surface area contributed by atoms with E-state index in [1.54, 1.807) is 61.6 Å². The van der Waals surface area contributed by atoms with E-state index in [0.29, 0.717) is 47.4 Å². The van der Waals surface area contributed by atoms with Gasteiger partial charge in [-0.3, -0.25) is 4.79 Å². The van der Waals surface area contributed by atoms with Crippen molar-refractivity contribution in [2.45, 2.75) is 17.7 Å². The lowest BCUT2D eigenvalue weighted by Crippen LogP contribution is -2.54. The largest absolute Gasteiger partial charge is 0.497 e. The molecule has 9 heteroatoms. The van der Waals surface area contributed by atoms with Crippen LogP contribution in [0.2, 0.25) is 5.02 Å². The summed E-state index contributed by atoms with van der Waals surface area (Å²) >= 11 is 7.90. The number of nitrogens with one attached hydrogen (secondary N) is 1. The summed E-state index contributed by atoms with van der Waals surface area (Å²) in [6, 6.07) is 12.2. The van der Waals surface area contributed by atoms with E-state index in [1.807, 2.05) is 16.7 Å². The first kappa shape index (κ1) is 22.6. The Morgan fingerprint density at radius 1 is 1.03 bits per heavy atom. The fourth-order valence-corrected chi connectivity index (χ4v) is 5.87. The van der Waals surface area contributed by atoms with Gasteiger partial charge in [0.2, 0.25) is 0 Å². The Morgan fingerprint density at radius 2 is 1.72 bits per heavy atom. The topological polar surface area (TPSA) is 71.1 Å². The molecule has 0 aromatic heterocycles. The lowest BCUT2D eigenvalue weighted by Gasteiger charge is -2.44. The number of rotatable bonds is 4. The third-order valence-corrected chi connectivity index (χ3v) is 7.72. The van der Waals surface area contributed by atoms with Crippen LogP contribution in [0.15, 0.2) is 42.5 Å². The van der Waals surface area contributed by atoms with Crippen LogP contribution in [0.3, 0.4) is 0 Å². The van der Waals surface area contributed by atoms with E-state index in [2.05, 4.69) is 5.32 Å². The average molecular weight is 476 g/mol. The van der Waals surface area contributed by atoms with Crippen molar-refractivity contribution < 1.29 is 19.1 Å². The van der Waals surface area contributed by atoms with Crippen LogP contribution in [0.5, 0.6) is 11.5 Å². The maximum absolute atomic E-state index is 13.2. The second kappa shape index (κ2) is 9.50. The van der Waals surface area contributed by atoms with Crippen molar-refractivity contribution in [3.63, 3.8) is 0 Å². The summed E-state index contributed by atoms with van der Waals surface area (Å²) in [7, 11) is 3.14. The van der Waals surface area contributed by atoms with Crippen LogP contribution >= 0.6 is 23.4 Å². The maximum atomic E-state index is 13.2. The Morgan fingerprint density at radius 3 is 2.34 bits per heavy atom. The zero-order valence-electron chi connectivity index (χ0n) is 18.1. The quantitative estimate of drug-likeness (QED) is 0.701. The van der Waals surface area contributed by atoms with E-state index in [4.69, 9.17) is 21.1 Å². The predicted octanol–water partition coefficient (Wildman–Crippen LogP) is 4.57. The molecule has 2 aromatic rings. The molecule has 3 amide bonds. The Bertz CT molecular complexity index is 988. The van der Waals surface area contributed by atoms with E-state index in [-0.39, 0.29) is 16.8 Å². The monoisotopic (exact) mass is 475 g/mol. The molecule has 2 heterocycles. The molecule has 0 atom stereocenters. The SMILES string of the molecule is COc1cc(NC(=O)N2CCC3(CC2)SCCN3C(=O)c2cccc(Cl)c2)cc(OC)c1. The predicted molar refractivity (Wildman–Crippen MR) is 127 cm³/mol. The van der Waals surface area contributed by atoms with Gasteiger partial charge < -0.3 is 24.6 Å². The average Bonchev–Trinajstić information content (AvgIpc) is 3.21. The molecule has 2 saturated heterocycles. The molecule has 0 saturated carbocycles. The van der Waals surface area contributed by atoms with Crippen LogP contribution < -0.4 is 14.8 Å². The van der Waals surface area contributed by atoms with Crippen molar-refractivity contribution in [1.29, 1.82) is 0 Å². The smallest absolute Gasteiger partial charge is 0.321 e. The van der Waals surface area contributed by atoms with Crippen LogP contribution in [0.4, 0.5) is 10.5 Å². The molecule has 1 spiro atoms. The lowest BCUT2D eigenvalue weighted by atomic mass is 10.0. The van der Waals surface area contributed by atoms with Gasteiger partial charge in [0, 0.05) is 59.9 Å². The van der Waals surface area contributed by atoms with Crippen molar-refractivity contribution in [2.75, 3.05) is 44.9 Å². The van der Waals surface area contributed by atoms with E-state index < -0.39 is 0 Å². The van der Waals surface area contributed by atoms with Gasteiger partial charge in [-0.15, -0.1) is 11.8 Å². The van der Waals surface area contributed by atoms with E-state index in [0.717, 1.165) is 18.6 Å². The number of ether oxygens (including phenoxy) is 2. The van der Waals surface area contributed by atoms with Crippen LogP contribution in [0, 0.1) is 0 Å². The number of hydrogen-bond donors (Lipinski definition) is 1. The molecule has 0 aliphatic carbocycles. The number of nitrogens with zero attached hydrogens (tertiary/aromatic N) is 2. The summed E-state index contributed by atoms with van der Waals surface area (Å²) in [5.41, 5.74) is 1.21. The van der Waals surface area contributed by atoms with Crippen molar-refractivity contribution in [3.05, 3.63) is 53.1 Å². The lowest BCUT2D eigenvalue weighted by molar-refractivity contribution is 0.0585. The molecule has 4 rings (SSSR count). The molecule has 0 bridgehead atoms. The molecule has 7 nitrogen and oxygen atoms in total. The number of anilines is 1. The molecule has 32 heavy (non-hydrogen) atoms. The minimum Gasteiger partial charge on any atom is -0.497 e. The van der Waals surface area contributed by atoms with Gasteiger partial charge in [0.1, 0.15) is 11.5 Å². The normalized spacial score (nSPS) is 17.3. The van der Waals surface area contributed by atoms with E-state index >= 15 is 0 Å². The van der Waals surface area contributed by atoms with Gasteiger partial charge in [-0.25, -0.2) is 4.79 Å². The van der Waals surface area contributed by atoms with Gasteiger partial charge in [-0.2, -0.15) is 0 Å². The fourth-order valence-electron chi connectivity index (χ4n) is 4.23. The van der Waals surface area contributed by atoms with E-state index in [1.165, 1.54) is 0 Å². The van der Waals surface area contributed by atoms with Crippen molar-refractivity contribution in [2.24, 2.45) is 0 Å². The number of piperidine rings is 1. The number of amides is 3. The highest BCUT2D eigenvalue weighted by molar-refractivity contribution is 8.00. The minimum absolute atomic E-state index is 0.00104. The molecule has 2 aliphatic heterocycles. The Hall–Kier alpha value is -2.58. The number of urea groups is 1. The van der Waals surface area contributed by atoms with Crippen molar-refractivity contribution >= 4 is 41.0 Å². The molecule has 2 fully saturated rings. The molecular weight excluding hydrogens is 450 g/mol. The number of carbonyl (C=O) groups is 2. The number of halogens is 1. The first-order valence-electron chi connectivity index (χ1n) is 10.4. The number of hydrogen-bond acceptors (Lipinski definition) is 5. The highest BCUT2D eigenvalue weighted by Crippen LogP contribution is 2.44. The Kier molecular flexibility index (Phi) is 6.71. The van der Waals surface area contributed by atoms with Gasteiger partial charge in [-0.1, -0.05) is 17.7 Å². The second-order valence-electron chi connectivity index (χ2n) is 7.78. The van der Waals surface area contributed by atoms with E-state index in [9.17, 15) is 9.59 Å². The molecule has 0 radical (unpaired) electrons. The molecule has 2 aliphatic rings. The summed E-state index contributed by atoms with van der Waals surface area (Å²) in [5, 5.41) is 3.48. The van der Waals surface area contributed by atoms with Gasteiger partial charge in [0.15, 0.2) is 0 Å². The van der Waals surface area contributed by atoms with Gasteiger partial charge in [0.05, 0.1) is 19.1 Å². The van der Waals surface area contributed by atoms with Crippen LogP contribution in [-0.4, -0.2) is 66.2 Å². The fraction of sp³-hybridized carbons (Fsp3) is 0.391. The summed E-state index contributed by atoms with van der Waals surface area (Å²) in [4.78, 5) is 29.5. The first-order valence-corrected chi connectivity index (χ1v) is 11.8. The van der Waals surface area contributed by atoms with Gasteiger partial charge in [0.25, 0.3) is 5.91 Å². The minimum atomic E-state index is -0.282. The molecule has 0 unspecified atom stereocenters. The summed E-state index contributed by atoms with van der Waals surface area (Å²) in [6.45, 7) is 1.84. The van der Waals surface area contributed by atoms with Crippen LogP contribution in [0.1, 0.15) is 23.2 Å². The van der Waals surface area contributed by atoms with Gasteiger partial charge in [-0.05, 0) is 31.0 Å². The highest BCUT2D eigenvalue weighted by atomic mass is 35.5.